The molecule has 0 aromatic heterocycles. The monoisotopic (exact) mass is 610 g/mol. The molecule has 1 aliphatic rings. The van der Waals surface area contributed by atoms with Gasteiger partial charge in [0.25, 0.3) is 1.47 Å². The summed E-state index contributed by atoms with van der Waals surface area (Å²) < 4.78 is 168. The van der Waals surface area contributed by atoms with E-state index in [1.807, 2.05) is 47.8 Å². The topological polar surface area (TPSA) is 43.4 Å². The van der Waals surface area contributed by atoms with E-state index >= 15 is 0 Å². The highest BCUT2D eigenvalue weighted by Crippen LogP contribution is 2.70. The molecule has 0 unspecified atom stereocenters. The Morgan fingerprint density at radius 2 is 0.840 bits per heavy atom. The zero-order chi connectivity index (χ0) is 20.7. The van der Waals surface area contributed by atoms with Gasteiger partial charge < -0.3 is 0 Å². The van der Waals surface area contributed by atoms with Gasteiger partial charge in [-0.2, -0.15) is 56.7 Å². The molecule has 150 valence electrons. The molecule has 0 atom stereocenters. The molecule has 1 rings (SSSR count). The molecular formula is C7Br3F11O3S. The van der Waals surface area contributed by atoms with Crippen LogP contribution in [0.3, 0.4) is 0 Å². The van der Waals surface area contributed by atoms with Crippen LogP contribution in [-0.2, 0) is 14.3 Å². The second-order valence-electron chi connectivity index (χ2n) is 4.45. The fourth-order valence-corrected chi connectivity index (χ4v) is 2.70. The van der Waals surface area contributed by atoms with E-state index in [9.17, 15) is 56.7 Å². The molecule has 1 saturated carbocycles. The number of halogens is 14. The van der Waals surface area contributed by atoms with Gasteiger partial charge in [-0.05, 0) is 47.8 Å². The summed E-state index contributed by atoms with van der Waals surface area (Å²) in [7, 11) is -6.23. The van der Waals surface area contributed by atoms with Gasteiger partial charge in [0.05, 0.1) is 0 Å². The maximum atomic E-state index is 14.0. The molecule has 18 heteroatoms. The van der Waals surface area contributed by atoms with E-state index in [0.29, 0.717) is 0 Å². The first-order chi connectivity index (χ1) is 10.5. The molecule has 0 N–H and O–H groups in total. The normalized spacial score (nSPS) is 29.2. The van der Waals surface area contributed by atoms with Crippen LogP contribution in [0.4, 0.5) is 48.3 Å². The Hall–Kier alpha value is 0.580. The highest BCUT2D eigenvalue weighted by molar-refractivity contribution is 9.42. The van der Waals surface area contributed by atoms with Crippen molar-refractivity contribution >= 4 is 57.9 Å². The largest absolute Gasteiger partial charge is 0.384 e. The van der Waals surface area contributed by atoms with Crippen molar-refractivity contribution in [3.05, 3.63) is 0 Å². The van der Waals surface area contributed by atoms with Gasteiger partial charge in [-0.15, -0.1) is 0 Å². The Kier molecular flexibility index (Phi) is 5.25. The highest BCUT2D eigenvalue weighted by Gasteiger charge is 3.02. The van der Waals surface area contributed by atoms with Gasteiger partial charge in [-0.3, -0.25) is 0 Å². The molecule has 0 amide bonds. The lowest BCUT2D eigenvalue weighted by atomic mass is 9.79. The second-order valence-corrected chi connectivity index (χ2v) is 14.5. The summed E-state index contributed by atoms with van der Waals surface area (Å²) in [6, 6.07) is 0. The van der Waals surface area contributed by atoms with Crippen LogP contribution in [0.15, 0.2) is 0 Å². The van der Waals surface area contributed by atoms with E-state index in [2.05, 4.69) is 4.18 Å². The number of alkyl halides is 14. The van der Waals surface area contributed by atoms with Crippen molar-refractivity contribution in [3.63, 3.8) is 0 Å². The Morgan fingerprint density at radius 1 is 0.600 bits per heavy atom. The van der Waals surface area contributed by atoms with E-state index in [0.717, 1.165) is 0 Å². The van der Waals surface area contributed by atoms with E-state index in [-0.39, 0.29) is 0 Å². The average molecular weight is 613 g/mol. The summed E-state index contributed by atoms with van der Waals surface area (Å²) in [5, 5.41) is 0. The summed E-state index contributed by atoms with van der Waals surface area (Å²) in [5.74, 6) is -44.3. The van der Waals surface area contributed by atoms with E-state index in [1.165, 1.54) is 0 Å². The molecule has 1 fully saturated rings. The maximum absolute atomic E-state index is 14.0. The van der Waals surface area contributed by atoms with E-state index < -0.39 is 47.1 Å². The lowest BCUT2D eigenvalue weighted by molar-refractivity contribution is -0.513. The quantitative estimate of drug-likeness (QED) is 0.251. The van der Waals surface area contributed by atoms with Gasteiger partial charge in [0, 0.05) is 0 Å². The van der Waals surface area contributed by atoms with Gasteiger partial charge in [0.1, 0.15) is 0 Å². The molecule has 25 heavy (non-hydrogen) atoms. The average Bonchev–Trinajstić information content (AvgIpc) is 2.34. The molecule has 0 heterocycles. The molecule has 0 radical (unpaired) electrons. The SMILES string of the molecule is O=S(=O)(OC1(F)C(F)(F)C(F)(F)C(F)(F)C(F)(F)C1(F)F)C(Br)(Br)Br. The van der Waals surface area contributed by atoms with Crippen LogP contribution in [0.1, 0.15) is 0 Å². The molecule has 1 aliphatic carbocycles. The third-order valence-corrected chi connectivity index (χ3v) is 7.48. The Balaban J connectivity index is 3.85. The minimum Gasteiger partial charge on any atom is -0.214 e. The van der Waals surface area contributed by atoms with Crippen molar-refractivity contribution in [1.29, 1.82) is 0 Å². The van der Waals surface area contributed by atoms with Crippen LogP contribution < -0.4 is 0 Å². The third-order valence-electron chi connectivity index (χ3n) is 2.89. The smallest absolute Gasteiger partial charge is 0.214 e. The maximum Gasteiger partial charge on any atom is 0.384 e. The Bertz CT molecular complexity index is 641. The predicted octanol–water partition coefficient (Wildman–Crippen LogP) is 4.98. The Morgan fingerprint density at radius 3 is 1.08 bits per heavy atom. The van der Waals surface area contributed by atoms with Crippen molar-refractivity contribution in [1.82, 2.24) is 0 Å². The Labute approximate surface area is 155 Å². The lowest BCUT2D eigenvalue weighted by Gasteiger charge is -2.51. The summed E-state index contributed by atoms with van der Waals surface area (Å²) in [4.78, 5) is 0. The minimum atomic E-state index is -7.47. The molecule has 0 aromatic rings. The van der Waals surface area contributed by atoms with Crippen LogP contribution >= 0.6 is 47.8 Å². The third kappa shape index (κ3) is 2.59. The van der Waals surface area contributed by atoms with Crippen LogP contribution in [0.25, 0.3) is 0 Å². The standard InChI is InChI=1S/C7Br3F11O3S/c8-7(9,10)25(22,23)24-6(21)4(17,18)2(13,14)1(11,12)3(15,16)5(6,19)20. The van der Waals surface area contributed by atoms with Gasteiger partial charge in [-0.1, -0.05) is 0 Å². The fraction of sp³-hybridized carbons (Fsp3) is 1.00. The van der Waals surface area contributed by atoms with E-state index in [1.54, 1.807) is 0 Å². The summed E-state index contributed by atoms with van der Waals surface area (Å²) in [5.41, 5.74) is 0. The number of hydrogen-bond donors (Lipinski definition) is 0. The fourth-order valence-electron chi connectivity index (χ4n) is 1.50. The van der Waals surface area contributed by atoms with Crippen LogP contribution in [0.2, 0.25) is 0 Å². The summed E-state index contributed by atoms with van der Waals surface area (Å²) in [6.07, 6.45) is 0. The minimum absolute atomic E-state index is 1.95. The molecular weight excluding hydrogens is 613 g/mol. The highest BCUT2D eigenvalue weighted by atomic mass is 80.0. The lowest BCUT2D eigenvalue weighted by Crippen LogP contribution is -2.84. The second kappa shape index (κ2) is 5.56. The van der Waals surface area contributed by atoms with Crippen molar-refractivity contribution in [3.8, 4) is 0 Å². The van der Waals surface area contributed by atoms with Crippen molar-refractivity contribution in [2.24, 2.45) is 0 Å². The summed E-state index contributed by atoms with van der Waals surface area (Å²) >= 11 is 5.84. The number of hydrogen-bond acceptors (Lipinski definition) is 3. The molecule has 0 aliphatic heterocycles. The van der Waals surface area contributed by atoms with Gasteiger partial charge in [0.2, 0.25) is 0 Å². The van der Waals surface area contributed by atoms with Crippen molar-refractivity contribution in [2.75, 3.05) is 0 Å². The van der Waals surface area contributed by atoms with Gasteiger partial charge in [-0.25, -0.2) is 4.18 Å². The summed E-state index contributed by atoms with van der Waals surface area (Å²) in [6.45, 7) is 0. The zero-order valence-corrected chi connectivity index (χ0v) is 16.0. The molecule has 0 saturated heterocycles. The van der Waals surface area contributed by atoms with Crippen molar-refractivity contribution < 1.29 is 60.9 Å². The number of rotatable bonds is 2. The van der Waals surface area contributed by atoms with Crippen LogP contribution in [0.5, 0.6) is 0 Å². The van der Waals surface area contributed by atoms with Gasteiger partial charge in [0.15, 0.2) is 0 Å². The van der Waals surface area contributed by atoms with Gasteiger partial charge >= 0.3 is 45.6 Å². The van der Waals surface area contributed by atoms with E-state index in [4.69, 9.17) is 0 Å². The molecule has 0 spiro atoms. The van der Waals surface area contributed by atoms with Crippen LogP contribution in [0, 0.1) is 0 Å². The molecule has 0 aromatic carbocycles. The first-order valence-corrected chi connectivity index (χ1v) is 8.84. The zero-order valence-electron chi connectivity index (χ0n) is 10.4. The molecule has 0 bridgehead atoms. The molecule has 3 nitrogen and oxygen atoms in total. The van der Waals surface area contributed by atoms with Crippen molar-refractivity contribution in [2.45, 2.75) is 36.9 Å². The first-order valence-electron chi connectivity index (χ1n) is 5.05. The predicted molar refractivity (Wildman–Crippen MR) is 68.1 cm³/mol. The first kappa shape index (κ1) is 23.6. The van der Waals surface area contributed by atoms with Crippen LogP contribution in [-0.4, -0.2) is 45.4 Å².